The summed E-state index contributed by atoms with van der Waals surface area (Å²) in [5, 5.41) is 25.3. The topological polar surface area (TPSA) is 247 Å². The summed E-state index contributed by atoms with van der Waals surface area (Å²) in [6.45, 7) is 6.11. The van der Waals surface area contributed by atoms with E-state index in [0.29, 0.717) is 47.5 Å². The Balaban J connectivity index is 1.40. The number of aliphatic carboxylic acids is 1. The minimum absolute atomic E-state index is 0.0225. The van der Waals surface area contributed by atoms with Gasteiger partial charge in [0.15, 0.2) is 6.04 Å². The number of benzene rings is 3. The molecule has 342 valence electrons. The molecule has 64 heavy (non-hydrogen) atoms. The quantitative estimate of drug-likeness (QED) is 0.121. The summed E-state index contributed by atoms with van der Waals surface area (Å²) in [6, 6.07) is 15.4. The Morgan fingerprint density at radius 2 is 1.52 bits per heavy atom. The van der Waals surface area contributed by atoms with E-state index in [4.69, 9.17) is 9.47 Å². The van der Waals surface area contributed by atoms with Crippen LogP contribution < -0.4 is 36.6 Å². The lowest BCUT2D eigenvalue weighted by atomic mass is 9.83. The molecule has 0 saturated heterocycles. The molecule has 7 N–H and O–H groups in total. The van der Waals surface area contributed by atoms with Gasteiger partial charge in [0, 0.05) is 12.8 Å². The van der Waals surface area contributed by atoms with Gasteiger partial charge in [0.25, 0.3) is 5.91 Å². The lowest BCUT2D eigenvalue weighted by Gasteiger charge is -2.33. The van der Waals surface area contributed by atoms with E-state index in [1.54, 1.807) is 94.4 Å². The van der Waals surface area contributed by atoms with Crippen LogP contribution in [0.2, 0.25) is 0 Å². The van der Waals surface area contributed by atoms with E-state index in [0.717, 1.165) is 19.3 Å². The predicted molar refractivity (Wildman–Crippen MR) is 234 cm³/mol. The number of alkyl carbamates (subject to hydrolysis) is 1. The van der Waals surface area contributed by atoms with Crippen LogP contribution in [0.15, 0.2) is 78.9 Å². The van der Waals surface area contributed by atoms with E-state index < -0.39 is 89.7 Å². The van der Waals surface area contributed by atoms with Crippen molar-refractivity contribution in [3.05, 3.63) is 95.6 Å². The summed E-state index contributed by atoms with van der Waals surface area (Å²) in [5.41, 5.74) is 0.717. The van der Waals surface area contributed by atoms with Crippen LogP contribution in [0.3, 0.4) is 0 Å². The number of carbonyl (C=O) groups excluding carboxylic acids is 7. The molecule has 1 aliphatic carbocycles. The zero-order valence-electron chi connectivity index (χ0n) is 36.6. The van der Waals surface area contributed by atoms with E-state index in [-0.39, 0.29) is 25.2 Å². The molecule has 17 nitrogen and oxygen atoms in total. The molecule has 0 radical (unpaired) electrons. The van der Waals surface area contributed by atoms with Crippen LogP contribution in [0.4, 0.5) is 4.79 Å². The van der Waals surface area contributed by atoms with E-state index in [2.05, 4.69) is 31.9 Å². The summed E-state index contributed by atoms with van der Waals surface area (Å²) < 4.78 is 11.6. The molecule has 0 spiro atoms. The van der Waals surface area contributed by atoms with Crippen LogP contribution in [0, 0.1) is 5.92 Å². The molecular formula is C47H58N6O11. The maximum absolute atomic E-state index is 14.5. The third kappa shape index (κ3) is 14.4. The fourth-order valence-corrected chi connectivity index (χ4v) is 7.67. The summed E-state index contributed by atoms with van der Waals surface area (Å²) in [7, 11) is 0. The number of hydrogen-bond donors (Lipinski definition) is 7. The molecule has 0 aromatic heterocycles. The molecular weight excluding hydrogens is 825 g/mol. The number of carbonyl (C=O) groups is 8. The smallest absolute Gasteiger partial charge is 0.408 e. The first-order chi connectivity index (χ1) is 30.5. The third-order valence-electron chi connectivity index (χ3n) is 10.8. The number of carboxylic acid groups (broad SMARTS) is 1. The highest BCUT2D eigenvalue weighted by Crippen LogP contribution is 2.28. The van der Waals surface area contributed by atoms with Crippen molar-refractivity contribution in [2.75, 3.05) is 6.54 Å². The standard InChI is InChI=1S/C47H58N6O11/c1-5-13-34(40(55)44(59)48-27-37(54)52-39(45(60)61)31-17-10-7-11-18-31)49-41(56)35-26-29-14-12-19-33(24-29)63-32-22-20-28(21-23-32)25-36(51-46(62)64-47(2,3)4)42(57)53-38(43(58)50-35)30-15-8-6-9-16-30/h7,10-12,14,17-24,30,34-36,38-39H,5-6,8-9,13,15-16,25-27H2,1-4H3,(H,48,59)(H,49,56)(H,50,58)(H,51,62)(H,52,54)(H,53,57)(H,60,61)/t34?,35-,36+,38-,39-/m0/s1. The number of ether oxygens (including phenoxy) is 2. The largest absolute Gasteiger partial charge is 0.479 e. The second-order valence-electron chi connectivity index (χ2n) is 17.1. The van der Waals surface area contributed by atoms with E-state index in [1.807, 2.05) is 0 Å². The minimum atomic E-state index is -1.41. The molecule has 3 aliphatic rings. The number of hydrogen-bond acceptors (Lipinski definition) is 10. The molecule has 4 bridgehead atoms. The van der Waals surface area contributed by atoms with Crippen molar-refractivity contribution >= 4 is 47.4 Å². The highest BCUT2D eigenvalue weighted by Gasteiger charge is 2.37. The molecule has 3 aromatic carbocycles. The number of ketones is 1. The average molecular weight is 883 g/mol. The molecule has 3 aromatic rings. The Labute approximate surface area is 372 Å². The van der Waals surface area contributed by atoms with Crippen molar-refractivity contribution in [3.8, 4) is 11.5 Å². The van der Waals surface area contributed by atoms with Crippen molar-refractivity contribution in [2.45, 2.75) is 121 Å². The lowest BCUT2D eigenvalue weighted by molar-refractivity contribution is -0.142. The lowest BCUT2D eigenvalue weighted by Crippen LogP contribution is -2.60. The fraction of sp³-hybridized carbons (Fsp3) is 0.447. The first-order valence-corrected chi connectivity index (χ1v) is 21.6. The van der Waals surface area contributed by atoms with Gasteiger partial charge in [0.05, 0.1) is 12.6 Å². The number of fused-ring (bicyclic) bond motifs is 10. The molecule has 1 saturated carbocycles. The van der Waals surface area contributed by atoms with Gasteiger partial charge < -0.3 is 46.5 Å². The summed E-state index contributed by atoms with van der Waals surface area (Å²) in [4.78, 5) is 107. The Bertz CT molecular complexity index is 2150. The maximum Gasteiger partial charge on any atom is 0.408 e. The van der Waals surface area contributed by atoms with Crippen LogP contribution in [0.1, 0.15) is 95.4 Å². The maximum atomic E-state index is 14.5. The van der Waals surface area contributed by atoms with Gasteiger partial charge in [0.1, 0.15) is 35.2 Å². The Hall–Kier alpha value is -6.78. The van der Waals surface area contributed by atoms with Crippen LogP contribution in [-0.4, -0.2) is 88.8 Å². The SMILES string of the molecule is CCCC(NC(=O)[C@@H]1Cc2cccc(c2)Oc2ccc(cc2)C[C@@H](NC(=O)OC(C)(C)C)C(=O)N[C@@H](C2CCCCC2)C(=O)N1)C(=O)C(=O)NCC(=O)N[C@H](C(=O)O)c1ccccc1. The number of amides is 6. The number of carboxylic acids is 1. The molecule has 6 amide bonds. The van der Waals surface area contributed by atoms with Gasteiger partial charge in [-0.25, -0.2) is 9.59 Å². The Kier molecular flexibility index (Phi) is 17.0. The second kappa shape index (κ2) is 22.5. The third-order valence-corrected chi connectivity index (χ3v) is 10.8. The predicted octanol–water partition coefficient (Wildman–Crippen LogP) is 3.93. The molecule has 2 aliphatic heterocycles. The average Bonchev–Trinajstić information content (AvgIpc) is 3.26. The number of rotatable bonds is 13. The summed E-state index contributed by atoms with van der Waals surface area (Å²) >= 11 is 0. The van der Waals surface area contributed by atoms with E-state index in [9.17, 15) is 43.5 Å². The number of nitrogens with one attached hydrogen (secondary N) is 6. The van der Waals surface area contributed by atoms with Gasteiger partial charge >= 0.3 is 12.1 Å². The highest BCUT2D eigenvalue weighted by atomic mass is 16.6. The zero-order chi connectivity index (χ0) is 46.4. The van der Waals surface area contributed by atoms with Crippen LogP contribution >= 0.6 is 0 Å². The van der Waals surface area contributed by atoms with E-state index >= 15 is 0 Å². The van der Waals surface area contributed by atoms with Crippen LogP contribution in [0.5, 0.6) is 11.5 Å². The van der Waals surface area contributed by atoms with Gasteiger partial charge in [-0.1, -0.05) is 87.2 Å². The summed E-state index contributed by atoms with van der Waals surface area (Å²) in [5.74, 6) is -5.95. The van der Waals surface area contributed by atoms with Crippen molar-refractivity contribution in [2.24, 2.45) is 5.92 Å². The van der Waals surface area contributed by atoms with Gasteiger partial charge in [-0.2, -0.15) is 0 Å². The van der Waals surface area contributed by atoms with Gasteiger partial charge in [-0.3, -0.25) is 28.8 Å². The molecule has 2 heterocycles. The molecule has 1 unspecified atom stereocenters. The molecule has 17 heteroatoms. The zero-order valence-corrected chi connectivity index (χ0v) is 36.6. The normalized spacial score (nSPS) is 19.2. The first-order valence-electron chi connectivity index (χ1n) is 21.6. The van der Waals surface area contributed by atoms with Gasteiger partial charge in [-0.05, 0) is 86.9 Å². The first kappa shape index (κ1) is 48.3. The highest BCUT2D eigenvalue weighted by molar-refractivity contribution is 6.38. The van der Waals surface area contributed by atoms with Crippen LogP contribution in [0.25, 0.3) is 0 Å². The summed E-state index contributed by atoms with van der Waals surface area (Å²) in [6.07, 6.45) is 3.31. The van der Waals surface area contributed by atoms with E-state index in [1.165, 1.54) is 12.1 Å². The van der Waals surface area contributed by atoms with Gasteiger partial charge in [-0.15, -0.1) is 0 Å². The van der Waals surface area contributed by atoms with Crippen molar-refractivity contribution < 1.29 is 52.9 Å². The monoisotopic (exact) mass is 882 g/mol. The minimum Gasteiger partial charge on any atom is -0.479 e. The van der Waals surface area contributed by atoms with Crippen LogP contribution in [-0.2, 0) is 51.1 Å². The van der Waals surface area contributed by atoms with Gasteiger partial charge in [0.2, 0.25) is 29.4 Å². The van der Waals surface area contributed by atoms with Crippen molar-refractivity contribution in [1.82, 2.24) is 31.9 Å². The number of Topliss-reactive ketones (excluding diaryl/α,β-unsaturated/α-hetero) is 1. The van der Waals surface area contributed by atoms with Crippen molar-refractivity contribution in [3.63, 3.8) is 0 Å². The molecule has 6 rings (SSSR count). The molecule has 1 fully saturated rings. The van der Waals surface area contributed by atoms with Crippen molar-refractivity contribution in [1.29, 1.82) is 0 Å². The Morgan fingerprint density at radius 1 is 0.812 bits per heavy atom. The second-order valence-corrected chi connectivity index (χ2v) is 17.1. The molecule has 5 atom stereocenters. The fourth-order valence-electron chi connectivity index (χ4n) is 7.67. The Morgan fingerprint density at radius 3 is 2.17 bits per heavy atom.